The number of anilines is 2. The van der Waals surface area contributed by atoms with E-state index < -0.39 is 5.82 Å². The van der Waals surface area contributed by atoms with Crippen LogP contribution in [0.5, 0.6) is 5.75 Å². The molecule has 0 saturated carbocycles. The minimum atomic E-state index is -0.460. The van der Waals surface area contributed by atoms with E-state index in [0.717, 1.165) is 0 Å². The van der Waals surface area contributed by atoms with Crippen LogP contribution in [0.15, 0.2) is 42.5 Å². The lowest BCUT2D eigenvalue weighted by molar-refractivity contribution is 0.387. The number of rotatable bonds is 3. The van der Waals surface area contributed by atoms with Crippen molar-refractivity contribution in [2.45, 2.75) is 0 Å². The predicted molar refractivity (Wildman–Crippen MR) is 84.2 cm³/mol. The van der Waals surface area contributed by atoms with Crippen LogP contribution < -0.4 is 15.4 Å². The van der Waals surface area contributed by atoms with E-state index in [-0.39, 0.29) is 5.75 Å². The van der Waals surface area contributed by atoms with E-state index in [4.69, 9.17) is 28.6 Å². The second-order valence-corrected chi connectivity index (χ2v) is 4.72. The summed E-state index contributed by atoms with van der Waals surface area (Å²) in [5.41, 5.74) is 1.20. The lowest BCUT2D eigenvalue weighted by atomic mass is 10.3. The van der Waals surface area contributed by atoms with Gasteiger partial charge in [-0.3, -0.25) is 0 Å². The average Bonchev–Trinajstić information content (AvgIpc) is 2.41. The molecular weight excluding hydrogens is 299 g/mol. The maximum atomic E-state index is 13.5. The molecule has 6 heteroatoms. The van der Waals surface area contributed by atoms with Crippen LogP contribution in [0.3, 0.4) is 0 Å². The van der Waals surface area contributed by atoms with Gasteiger partial charge in [0.15, 0.2) is 16.7 Å². The molecule has 0 bridgehead atoms. The Balaban J connectivity index is 2.05. The zero-order chi connectivity index (χ0) is 14.5. The van der Waals surface area contributed by atoms with E-state index in [9.17, 15) is 4.39 Å². The van der Waals surface area contributed by atoms with E-state index in [1.807, 2.05) is 12.1 Å². The zero-order valence-corrected chi connectivity index (χ0v) is 12.2. The Morgan fingerprint density at radius 3 is 2.60 bits per heavy atom. The third-order valence-corrected chi connectivity index (χ3v) is 3.07. The Bertz CT molecular complexity index is 636. The molecule has 2 aromatic carbocycles. The molecule has 0 radical (unpaired) electrons. The fraction of sp³-hybridized carbons (Fsp3) is 0.0714. The molecule has 3 nitrogen and oxygen atoms in total. The molecule has 20 heavy (non-hydrogen) atoms. The van der Waals surface area contributed by atoms with Crippen molar-refractivity contribution in [3.05, 3.63) is 53.3 Å². The van der Waals surface area contributed by atoms with Crippen LogP contribution in [0.4, 0.5) is 15.8 Å². The summed E-state index contributed by atoms with van der Waals surface area (Å²) in [6.45, 7) is 0. The summed E-state index contributed by atoms with van der Waals surface area (Å²) in [7, 11) is 1.41. The highest BCUT2D eigenvalue weighted by atomic mass is 35.5. The van der Waals surface area contributed by atoms with Gasteiger partial charge in [0.05, 0.1) is 17.8 Å². The number of methoxy groups -OCH3 is 1. The van der Waals surface area contributed by atoms with Crippen molar-refractivity contribution in [2.24, 2.45) is 0 Å². The summed E-state index contributed by atoms with van der Waals surface area (Å²) in [5, 5.41) is 6.69. The Labute approximate surface area is 126 Å². The lowest BCUT2D eigenvalue weighted by Gasteiger charge is -2.12. The summed E-state index contributed by atoms with van der Waals surface area (Å²) in [6.07, 6.45) is 0. The van der Waals surface area contributed by atoms with Gasteiger partial charge in [0.2, 0.25) is 0 Å². The van der Waals surface area contributed by atoms with Gasteiger partial charge >= 0.3 is 0 Å². The van der Waals surface area contributed by atoms with Crippen LogP contribution in [0.25, 0.3) is 0 Å². The van der Waals surface area contributed by atoms with Gasteiger partial charge in [-0.15, -0.1) is 0 Å². The molecule has 0 aliphatic rings. The van der Waals surface area contributed by atoms with Crippen molar-refractivity contribution in [2.75, 3.05) is 17.7 Å². The fourth-order valence-electron chi connectivity index (χ4n) is 1.59. The number of nitrogens with one attached hydrogen (secondary N) is 2. The molecule has 0 aromatic heterocycles. The SMILES string of the molecule is COc1ccc(NC(=S)Nc2ccccc2Cl)cc1F. The zero-order valence-electron chi connectivity index (χ0n) is 10.6. The summed E-state index contributed by atoms with van der Waals surface area (Å²) in [4.78, 5) is 0. The molecule has 0 aliphatic carbocycles. The second kappa shape index (κ2) is 6.54. The molecule has 0 unspecified atom stereocenters. The largest absolute Gasteiger partial charge is 0.494 e. The monoisotopic (exact) mass is 310 g/mol. The van der Waals surface area contributed by atoms with E-state index in [2.05, 4.69) is 10.6 Å². The maximum absolute atomic E-state index is 13.5. The fourth-order valence-corrected chi connectivity index (χ4v) is 2.00. The van der Waals surface area contributed by atoms with Crippen molar-refractivity contribution >= 4 is 40.3 Å². The van der Waals surface area contributed by atoms with Gasteiger partial charge in [0.1, 0.15) is 0 Å². The quantitative estimate of drug-likeness (QED) is 0.828. The minimum absolute atomic E-state index is 0.181. The van der Waals surface area contributed by atoms with Crippen molar-refractivity contribution < 1.29 is 9.13 Å². The van der Waals surface area contributed by atoms with Crippen molar-refractivity contribution in [3.8, 4) is 5.75 Å². The Morgan fingerprint density at radius 2 is 1.95 bits per heavy atom. The molecule has 0 heterocycles. The number of hydrogen-bond acceptors (Lipinski definition) is 2. The summed E-state index contributed by atoms with van der Waals surface area (Å²) < 4.78 is 18.4. The number of hydrogen-bond donors (Lipinski definition) is 2. The van der Waals surface area contributed by atoms with E-state index in [1.54, 1.807) is 18.2 Å². The predicted octanol–water partition coefficient (Wildman–Crippen LogP) is 4.30. The number of ether oxygens (including phenoxy) is 1. The minimum Gasteiger partial charge on any atom is -0.494 e. The average molecular weight is 311 g/mol. The number of halogens is 2. The summed E-state index contributed by atoms with van der Waals surface area (Å²) in [5.74, 6) is -0.279. The second-order valence-electron chi connectivity index (χ2n) is 3.91. The van der Waals surface area contributed by atoms with Crippen molar-refractivity contribution in [1.82, 2.24) is 0 Å². The first-order valence-corrected chi connectivity index (χ1v) is 6.55. The van der Waals surface area contributed by atoms with Crippen molar-refractivity contribution in [1.29, 1.82) is 0 Å². The molecule has 104 valence electrons. The van der Waals surface area contributed by atoms with Crippen LogP contribution in [-0.4, -0.2) is 12.2 Å². The Kier molecular flexibility index (Phi) is 4.76. The van der Waals surface area contributed by atoms with E-state index >= 15 is 0 Å². The Hall–Kier alpha value is -1.85. The summed E-state index contributed by atoms with van der Waals surface area (Å²) >= 11 is 11.2. The van der Waals surface area contributed by atoms with Crippen LogP contribution in [0, 0.1) is 5.82 Å². The van der Waals surface area contributed by atoms with Gasteiger partial charge in [-0.2, -0.15) is 0 Å². The van der Waals surface area contributed by atoms with E-state index in [1.165, 1.54) is 19.2 Å². The Morgan fingerprint density at radius 1 is 1.20 bits per heavy atom. The maximum Gasteiger partial charge on any atom is 0.175 e. The van der Waals surface area contributed by atoms with Gasteiger partial charge in [0.25, 0.3) is 0 Å². The van der Waals surface area contributed by atoms with Crippen LogP contribution in [0.2, 0.25) is 5.02 Å². The lowest BCUT2D eigenvalue weighted by Crippen LogP contribution is -2.19. The third kappa shape index (κ3) is 3.59. The molecule has 0 saturated heterocycles. The highest BCUT2D eigenvalue weighted by Gasteiger charge is 2.06. The molecule has 0 aliphatic heterocycles. The first-order chi connectivity index (χ1) is 9.60. The molecule has 0 spiro atoms. The van der Waals surface area contributed by atoms with Gasteiger partial charge in [-0.25, -0.2) is 4.39 Å². The first-order valence-electron chi connectivity index (χ1n) is 5.76. The van der Waals surface area contributed by atoms with Crippen molar-refractivity contribution in [3.63, 3.8) is 0 Å². The summed E-state index contributed by atoms with van der Waals surface area (Å²) in [6, 6.07) is 11.7. The smallest absolute Gasteiger partial charge is 0.175 e. The standard InChI is InChI=1S/C14H12ClFN2OS/c1-19-13-7-6-9(8-11(13)16)17-14(20)18-12-5-3-2-4-10(12)15/h2-8H,1H3,(H2,17,18,20). The van der Waals surface area contributed by atoms with Gasteiger partial charge in [0, 0.05) is 11.8 Å². The molecule has 0 fully saturated rings. The van der Waals surface area contributed by atoms with Crippen LogP contribution >= 0.6 is 23.8 Å². The third-order valence-electron chi connectivity index (χ3n) is 2.53. The highest BCUT2D eigenvalue weighted by Crippen LogP contribution is 2.22. The van der Waals surface area contributed by atoms with Crippen LogP contribution in [-0.2, 0) is 0 Å². The van der Waals surface area contributed by atoms with Gasteiger partial charge in [-0.1, -0.05) is 23.7 Å². The first kappa shape index (κ1) is 14.6. The van der Waals surface area contributed by atoms with E-state index in [0.29, 0.717) is 21.5 Å². The highest BCUT2D eigenvalue weighted by molar-refractivity contribution is 7.80. The molecule has 0 amide bonds. The van der Waals surface area contributed by atoms with Gasteiger partial charge in [-0.05, 0) is 36.5 Å². The topological polar surface area (TPSA) is 33.3 Å². The molecule has 2 rings (SSSR count). The molecule has 0 atom stereocenters. The normalized spacial score (nSPS) is 9.95. The number of thiocarbonyl (C=S) groups is 1. The molecule has 2 N–H and O–H groups in total. The molecule has 2 aromatic rings. The van der Waals surface area contributed by atoms with Gasteiger partial charge < -0.3 is 15.4 Å². The number of benzene rings is 2. The van der Waals surface area contributed by atoms with Crippen LogP contribution in [0.1, 0.15) is 0 Å². The molecular formula is C14H12ClFN2OS. The number of para-hydroxylation sites is 1.